The van der Waals surface area contributed by atoms with Crippen molar-refractivity contribution in [1.29, 1.82) is 0 Å². The average Bonchev–Trinajstić information content (AvgIpc) is 2.47. The molecule has 0 saturated carbocycles. The number of hydrogen-bond acceptors (Lipinski definition) is 4. The number of nitrogens with one attached hydrogen (secondary N) is 1. The van der Waals surface area contributed by atoms with E-state index in [1.165, 1.54) is 19.4 Å². The Bertz CT molecular complexity index is 599. The summed E-state index contributed by atoms with van der Waals surface area (Å²) >= 11 is 0. The molecule has 1 N–H and O–H groups in total. The maximum atomic E-state index is 5.28. The van der Waals surface area contributed by atoms with E-state index in [9.17, 15) is 0 Å². The molecule has 2 aromatic rings. The normalized spacial score (nSPS) is 20.0. The Balaban J connectivity index is 1.87. The molecule has 0 aliphatic carbocycles. The van der Waals surface area contributed by atoms with Gasteiger partial charge < -0.3 is 15.0 Å². The van der Waals surface area contributed by atoms with Gasteiger partial charge in [-0.3, -0.25) is 0 Å². The molecule has 1 aliphatic rings. The number of ether oxygens (including phenoxy) is 1. The summed E-state index contributed by atoms with van der Waals surface area (Å²) in [6.45, 7) is 2.27. The van der Waals surface area contributed by atoms with Crippen molar-refractivity contribution >= 4 is 16.6 Å². The minimum absolute atomic E-state index is 0.481. The van der Waals surface area contributed by atoms with E-state index in [1.807, 2.05) is 18.3 Å². The molecule has 3 rings (SSSR count). The number of pyridine rings is 1. The van der Waals surface area contributed by atoms with Gasteiger partial charge in [0.1, 0.15) is 11.6 Å². The molecule has 0 bridgehead atoms. The number of nitrogens with zero attached hydrogens (tertiary/aromatic N) is 2. The summed E-state index contributed by atoms with van der Waals surface area (Å²) in [5.41, 5.74) is 0. The van der Waals surface area contributed by atoms with Crippen LogP contribution in [0.5, 0.6) is 5.75 Å². The zero-order valence-corrected chi connectivity index (χ0v) is 12.1. The van der Waals surface area contributed by atoms with E-state index in [0.29, 0.717) is 6.04 Å². The van der Waals surface area contributed by atoms with Gasteiger partial charge in [-0.1, -0.05) is 0 Å². The Hall–Kier alpha value is -1.81. The lowest BCUT2D eigenvalue weighted by Crippen LogP contribution is -2.39. The SMILES string of the molecule is COc1ccc2c(NC3CCCN(C)C3)nccc2c1. The van der Waals surface area contributed by atoms with Crippen molar-refractivity contribution in [3.63, 3.8) is 0 Å². The number of rotatable bonds is 3. The van der Waals surface area contributed by atoms with Crippen molar-refractivity contribution in [1.82, 2.24) is 9.88 Å². The van der Waals surface area contributed by atoms with E-state index >= 15 is 0 Å². The average molecular weight is 271 g/mol. The first-order chi connectivity index (χ1) is 9.76. The predicted octanol–water partition coefficient (Wildman–Crippen LogP) is 2.75. The monoisotopic (exact) mass is 271 g/mol. The number of hydrogen-bond donors (Lipinski definition) is 1. The second-order valence-electron chi connectivity index (χ2n) is 5.49. The summed E-state index contributed by atoms with van der Waals surface area (Å²) in [5, 5.41) is 5.91. The van der Waals surface area contributed by atoms with Crippen LogP contribution in [0.4, 0.5) is 5.82 Å². The highest BCUT2D eigenvalue weighted by Gasteiger charge is 2.17. The summed E-state index contributed by atoms with van der Waals surface area (Å²) in [5.74, 6) is 1.86. The third-order valence-electron chi connectivity index (χ3n) is 3.94. The lowest BCUT2D eigenvalue weighted by molar-refractivity contribution is 0.261. The fourth-order valence-electron chi connectivity index (χ4n) is 2.88. The van der Waals surface area contributed by atoms with Gasteiger partial charge in [0, 0.05) is 24.2 Å². The molecule has 2 heterocycles. The first-order valence-corrected chi connectivity index (χ1v) is 7.14. The minimum atomic E-state index is 0.481. The van der Waals surface area contributed by atoms with Crippen LogP contribution in [0, 0.1) is 0 Å². The fraction of sp³-hybridized carbons (Fsp3) is 0.438. The Morgan fingerprint density at radius 2 is 2.25 bits per heavy atom. The molecule has 0 radical (unpaired) electrons. The van der Waals surface area contributed by atoms with E-state index in [1.54, 1.807) is 7.11 Å². The molecule has 4 nitrogen and oxygen atoms in total. The molecule has 1 fully saturated rings. The fourth-order valence-corrected chi connectivity index (χ4v) is 2.88. The second kappa shape index (κ2) is 5.67. The molecule has 20 heavy (non-hydrogen) atoms. The smallest absolute Gasteiger partial charge is 0.134 e. The zero-order chi connectivity index (χ0) is 13.9. The Morgan fingerprint density at radius 3 is 3.05 bits per heavy atom. The molecule has 1 aliphatic heterocycles. The molecule has 0 amide bonds. The molecule has 4 heteroatoms. The minimum Gasteiger partial charge on any atom is -0.497 e. The van der Waals surface area contributed by atoms with Crippen LogP contribution in [0.1, 0.15) is 12.8 Å². The highest BCUT2D eigenvalue weighted by atomic mass is 16.5. The van der Waals surface area contributed by atoms with Gasteiger partial charge in [0.15, 0.2) is 0 Å². The topological polar surface area (TPSA) is 37.4 Å². The number of piperidine rings is 1. The van der Waals surface area contributed by atoms with E-state index in [-0.39, 0.29) is 0 Å². The molecule has 1 unspecified atom stereocenters. The van der Waals surface area contributed by atoms with Crippen molar-refractivity contribution in [2.24, 2.45) is 0 Å². The first-order valence-electron chi connectivity index (χ1n) is 7.14. The predicted molar refractivity (Wildman–Crippen MR) is 82.4 cm³/mol. The van der Waals surface area contributed by atoms with Gasteiger partial charge in [-0.05, 0) is 56.1 Å². The maximum absolute atomic E-state index is 5.28. The van der Waals surface area contributed by atoms with E-state index in [4.69, 9.17) is 4.74 Å². The molecule has 1 aromatic heterocycles. The molecule has 1 saturated heterocycles. The zero-order valence-electron chi connectivity index (χ0n) is 12.1. The quantitative estimate of drug-likeness (QED) is 0.931. The Morgan fingerprint density at radius 1 is 1.35 bits per heavy atom. The van der Waals surface area contributed by atoms with Crippen molar-refractivity contribution in [3.05, 3.63) is 30.5 Å². The van der Waals surface area contributed by atoms with Crippen molar-refractivity contribution < 1.29 is 4.74 Å². The van der Waals surface area contributed by atoms with Gasteiger partial charge in [0.2, 0.25) is 0 Å². The van der Waals surface area contributed by atoms with Crippen LogP contribution in [0.15, 0.2) is 30.5 Å². The van der Waals surface area contributed by atoms with Crippen LogP contribution in [-0.2, 0) is 0 Å². The van der Waals surface area contributed by atoms with Gasteiger partial charge >= 0.3 is 0 Å². The number of aromatic nitrogens is 1. The Labute approximate surface area is 119 Å². The number of methoxy groups -OCH3 is 1. The van der Waals surface area contributed by atoms with E-state index in [0.717, 1.165) is 28.9 Å². The highest BCUT2D eigenvalue weighted by Crippen LogP contribution is 2.26. The van der Waals surface area contributed by atoms with Crippen LogP contribution in [0.3, 0.4) is 0 Å². The summed E-state index contributed by atoms with van der Waals surface area (Å²) in [4.78, 5) is 6.88. The first kappa shape index (κ1) is 13.2. The summed E-state index contributed by atoms with van der Waals surface area (Å²) in [7, 11) is 3.87. The molecular weight excluding hydrogens is 250 g/mol. The molecule has 0 spiro atoms. The lowest BCUT2D eigenvalue weighted by Gasteiger charge is -2.30. The summed E-state index contributed by atoms with van der Waals surface area (Å²) in [6, 6.07) is 8.62. The summed E-state index contributed by atoms with van der Waals surface area (Å²) in [6.07, 6.45) is 4.31. The van der Waals surface area contributed by atoms with Gasteiger partial charge in [-0.15, -0.1) is 0 Å². The third kappa shape index (κ3) is 2.70. The molecule has 106 valence electrons. The van der Waals surface area contributed by atoms with Crippen LogP contribution >= 0.6 is 0 Å². The van der Waals surface area contributed by atoms with Crippen molar-refractivity contribution in [2.75, 3.05) is 32.6 Å². The van der Waals surface area contributed by atoms with Crippen LogP contribution in [-0.4, -0.2) is 43.2 Å². The van der Waals surface area contributed by atoms with E-state index < -0.39 is 0 Å². The van der Waals surface area contributed by atoms with E-state index in [2.05, 4.69) is 34.4 Å². The standard InChI is InChI=1S/C16H21N3O/c1-19-9-3-4-13(11-19)18-16-15-6-5-14(20-2)10-12(15)7-8-17-16/h5-8,10,13H,3-4,9,11H2,1-2H3,(H,17,18). The number of likely N-dealkylation sites (tertiary alicyclic amines) is 1. The number of anilines is 1. The van der Waals surface area contributed by atoms with Crippen LogP contribution < -0.4 is 10.1 Å². The van der Waals surface area contributed by atoms with Crippen LogP contribution in [0.25, 0.3) is 10.8 Å². The number of benzene rings is 1. The second-order valence-corrected chi connectivity index (χ2v) is 5.49. The maximum Gasteiger partial charge on any atom is 0.134 e. The van der Waals surface area contributed by atoms with Gasteiger partial charge in [0.05, 0.1) is 7.11 Å². The number of fused-ring (bicyclic) bond motifs is 1. The molecule has 1 atom stereocenters. The third-order valence-corrected chi connectivity index (χ3v) is 3.94. The van der Waals surface area contributed by atoms with Gasteiger partial charge in [0.25, 0.3) is 0 Å². The lowest BCUT2D eigenvalue weighted by atomic mass is 10.1. The van der Waals surface area contributed by atoms with Crippen molar-refractivity contribution in [3.8, 4) is 5.75 Å². The Kier molecular flexibility index (Phi) is 3.74. The van der Waals surface area contributed by atoms with Crippen molar-refractivity contribution in [2.45, 2.75) is 18.9 Å². The van der Waals surface area contributed by atoms with Gasteiger partial charge in [-0.25, -0.2) is 4.98 Å². The molecule has 1 aromatic carbocycles. The van der Waals surface area contributed by atoms with Crippen LogP contribution in [0.2, 0.25) is 0 Å². The summed E-state index contributed by atoms with van der Waals surface area (Å²) < 4.78 is 5.28. The molecular formula is C16H21N3O. The largest absolute Gasteiger partial charge is 0.497 e. The highest BCUT2D eigenvalue weighted by molar-refractivity contribution is 5.92. The number of likely N-dealkylation sites (N-methyl/N-ethyl adjacent to an activating group) is 1. The van der Waals surface area contributed by atoms with Gasteiger partial charge in [-0.2, -0.15) is 0 Å².